The Labute approximate surface area is 129 Å². The average Bonchev–Trinajstić information content (AvgIpc) is 2.79. The van der Waals surface area contributed by atoms with E-state index in [9.17, 15) is 8.42 Å². The molecule has 1 aliphatic heterocycles. The number of nitrogens with zero attached hydrogens (tertiary/aromatic N) is 2. The number of sulfonamides is 1. The lowest BCUT2D eigenvalue weighted by atomic mass is 9.97. The fourth-order valence-electron chi connectivity index (χ4n) is 2.76. The van der Waals surface area contributed by atoms with E-state index in [-0.39, 0.29) is 0 Å². The first-order chi connectivity index (χ1) is 9.81. The molecule has 0 aliphatic carbocycles. The van der Waals surface area contributed by atoms with Crippen molar-refractivity contribution in [3.05, 3.63) is 0 Å². The van der Waals surface area contributed by atoms with Crippen molar-refractivity contribution in [2.75, 3.05) is 39.5 Å². The number of nitrogens with one attached hydrogen (secondary N) is 2. The number of likely N-dealkylation sites (tertiary alicyclic amines) is 1. The second-order valence-electron chi connectivity index (χ2n) is 6.22. The van der Waals surface area contributed by atoms with E-state index in [0.29, 0.717) is 6.54 Å². The molecule has 1 fully saturated rings. The Hall–Kier alpha value is -0.820. The van der Waals surface area contributed by atoms with Gasteiger partial charge in [0.05, 0.1) is 6.26 Å². The molecule has 0 aromatic heterocycles. The molecule has 1 atom stereocenters. The summed E-state index contributed by atoms with van der Waals surface area (Å²) in [6.07, 6.45) is 4.42. The predicted molar refractivity (Wildman–Crippen MR) is 88.0 cm³/mol. The van der Waals surface area contributed by atoms with Crippen molar-refractivity contribution >= 4 is 16.0 Å². The van der Waals surface area contributed by atoms with Gasteiger partial charge in [-0.15, -0.1) is 0 Å². The normalized spacial score (nSPS) is 20.3. The van der Waals surface area contributed by atoms with Crippen LogP contribution in [0.1, 0.15) is 33.1 Å². The van der Waals surface area contributed by atoms with Gasteiger partial charge in [-0.05, 0) is 31.1 Å². The second kappa shape index (κ2) is 8.58. The highest BCUT2D eigenvalue weighted by atomic mass is 32.2. The van der Waals surface area contributed by atoms with Crippen molar-refractivity contribution < 1.29 is 8.42 Å². The molecule has 124 valence electrons. The maximum atomic E-state index is 11.0. The van der Waals surface area contributed by atoms with Gasteiger partial charge in [0.25, 0.3) is 0 Å². The highest BCUT2D eigenvalue weighted by Gasteiger charge is 2.25. The number of rotatable bonds is 7. The first-order valence-electron chi connectivity index (χ1n) is 7.72. The summed E-state index contributed by atoms with van der Waals surface area (Å²) in [7, 11) is -1.28. The summed E-state index contributed by atoms with van der Waals surface area (Å²) in [5.41, 5.74) is 0. The van der Waals surface area contributed by atoms with Gasteiger partial charge in [-0.25, -0.2) is 13.1 Å². The summed E-state index contributed by atoms with van der Waals surface area (Å²) >= 11 is 0. The quantitative estimate of drug-likeness (QED) is 0.415. The molecule has 0 aromatic rings. The van der Waals surface area contributed by atoms with Crippen LogP contribution in [0.3, 0.4) is 0 Å². The van der Waals surface area contributed by atoms with Crippen LogP contribution >= 0.6 is 0 Å². The molecule has 1 aliphatic rings. The monoisotopic (exact) mass is 318 g/mol. The highest BCUT2D eigenvalue weighted by molar-refractivity contribution is 7.88. The molecule has 7 heteroatoms. The van der Waals surface area contributed by atoms with Gasteiger partial charge in [-0.2, -0.15) is 0 Å². The zero-order valence-corrected chi connectivity index (χ0v) is 14.5. The van der Waals surface area contributed by atoms with E-state index in [1.807, 2.05) is 0 Å². The number of hydrogen-bond donors (Lipinski definition) is 2. The summed E-state index contributed by atoms with van der Waals surface area (Å²) in [5, 5.41) is 3.31. The van der Waals surface area contributed by atoms with Crippen LogP contribution in [0.4, 0.5) is 0 Å². The minimum Gasteiger partial charge on any atom is -0.356 e. The Bertz CT molecular complexity index is 434. The Morgan fingerprint density at radius 3 is 2.67 bits per heavy atom. The van der Waals surface area contributed by atoms with Gasteiger partial charge < -0.3 is 10.2 Å². The highest BCUT2D eigenvalue weighted by Crippen LogP contribution is 2.23. The van der Waals surface area contributed by atoms with Crippen LogP contribution in [-0.2, 0) is 10.0 Å². The van der Waals surface area contributed by atoms with Crippen molar-refractivity contribution in [2.45, 2.75) is 33.1 Å². The van der Waals surface area contributed by atoms with Gasteiger partial charge in [-0.3, -0.25) is 4.99 Å². The van der Waals surface area contributed by atoms with E-state index < -0.39 is 10.0 Å². The summed E-state index contributed by atoms with van der Waals surface area (Å²) in [5.74, 6) is 2.43. The van der Waals surface area contributed by atoms with E-state index in [2.05, 4.69) is 33.8 Å². The summed E-state index contributed by atoms with van der Waals surface area (Å²) in [6.45, 7) is 7.84. The predicted octanol–water partition coefficient (Wildman–Crippen LogP) is 0.869. The van der Waals surface area contributed by atoms with Gasteiger partial charge in [-0.1, -0.05) is 13.8 Å². The molecule has 0 bridgehead atoms. The number of guanidine groups is 1. The van der Waals surface area contributed by atoms with Crippen LogP contribution < -0.4 is 10.0 Å². The third-order valence-electron chi connectivity index (χ3n) is 3.60. The van der Waals surface area contributed by atoms with E-state index in [1.165, 1.54) is 19.1 Å². The molecule has 1 rings (SSSR count). The molecular weight excluding hydrogens is 288 g/mol. The SMILES string of the molecule is CN=C(NCCCNS(C)(=O)=O)N1CCC(CC(C)C)C1. The number of hydrogen-bond acceptors (Lipinski definition) is 3. The van der Waals surface area contributed by atoms with Gasteiger partial charge in [0.15, 0.2) is 5.96 Å². The topological polar surface area (TPSA) is 73.8 Å². The summed E-state index contributed by atoms with van der Waals surface area (Å²) < 4.78 is 24.4. The fraction of sp³-hybridized carbons (Fsp3) is 0.929. The van der Waals surface area contributed by atoms with Gasteiger partial charge >= 0.3 is 0 Å². The van der Waals surface area contributed by atoms with Crippen LogP contribution in [0.15, 0.2) is 4.99 Å². The summed E-state index contributed by atoms with van der Waals surface area (Å²) in [6, 6.07) is 0. The van der Waals surface area contributed by atoms with E-state index in [4.69, 9.17) is 0 Å². The Balaban J connectivity index is 2.27. The minimum atomic E-state index is -3.08. The maximum Gasteiger partial charge on any atom is 0.208 e. The molecule has 6 nitrogen and oxygen atoms in total. The van der Waals surface area contributed by atoms with Crippen LogP contribution in [0.5, 0.6) is 0 Å². The van der Waals surface area contributed by atoms with E-state index in [0.717, 1.165) is 43.9 Å². The lowest BCUT2D eigenvalue weighted by Crippen LogP contribution is -2.41. The van der Waals surface area contributed by atoms with Crippen LogP contribution in [0.2, 0.25) is 0 Å². The van der Waals surface area contributed by atoms with Crippen molar-refractivity contribution in [1.29, 1.82) is 0 Å². The van der Waals surface area contributed by atoms with Gasteiger partial charge in [0, 0.05) is 33.2 Å². The van der Waals surface area contributed by atoms with Crippen LogP contribution in [0, 0.1) is 11.8 Å². The third kappa shape index (κ3) is 7.66. The Kier molecular flexibility index (Phi) is 7.45. The molecule has 1 heterocycles. The smallest absolute Gasteiger partial charge is 0.208 e. The molecule has 0 spiro atoms. The third-order valence-corrected chi connectivity index (χ3v) is 4.33. The first kappa shape index (κ1) is 18.2. The standard InChI is InChI=1S/C14H30N4O2S/c1-12(2)10-13-6-9-18(11-13)14(15-3)16-7-5-8-17-21(4,19)20/h12-13,17H,5-11H2,1-4H3,(H,15,16). The zero-order valence-electron chi connectivity index (χ0n) is 13.7. The molecule has 1 unspecified atom stereocenters. The Morgan fingerprint density at radius 2 is 2.10 bits per heavy atom. The molecule has 0 aromatic carbocycles. The fourth-order valence-corrected chi connectivity index (χ4v) is 3.28. The molecule has 0 radical (unpaired) electrons. The average molecular weight is 318 g/mol. The maximum absolute atomic E-state index is 11.0. The van der Waals surface area contributed by atoms with Crippen LogP contribution in [0.25, 0.3) is 0 Å². The minimum absolute atomic E-state index is 0.457. The van der Waals surface area contributed by atoms with Crippen molar-refractivity contribution in [3.63, 3.8) is 0 Å². The van der Waals surface area contributed by atoms with Gasteiger partial charge in [0.2, 0.25) is 10.0 Å². The van der Waals surface area contributed by atoms with E-state index in [1.54, 1.807) is 7.05 Å². The Morgan fingerprint density at radius 1 is 1.38 bits per heavy atom. The molecule has 1 saturated heterocycles. The lowest BCUT2D eigenvalue weighted by Gasteiger charge is -2.22. The second-order valence-corrected chi connectivity index (χ2v) is 8.06. The molecule has 21 heavy (non-hydrogen) atoms. The van der Waals surface area contributed by atoms with Crippen molar-refractivity contribution in [1.82, 2.24) is 14.9 Å². The molecule has 2 N–H and O–H groups in total. The number of aliphatic imine (C=N–C) groups is 1. The zero-order chi connectivity index (χ0) is 15.9. The van der Waals surface area contributed by atoms with Crippen molar-refractivity contribution in [3.8, 4) is 0 Å². The molecule has 0 saturated carbocycles. The van der Waals surface area contributed by atoms with Gasteiger partial charge in [0.1, 0.15) is 0 Å². The molecular formula is C14H30N4O2S. The van der Waals surface area contributed by atoms with Crippen molar-refractivity contribution in [2.24, 2.45) is 16.8 Å². The first-order valence-corrected chi connectivity index (χ1v) is 9.61. The van der Waals surface area contributed by atoms with Crippen LogP contribution in [-0.4, -0.2) is 58.8 Å². The van der Waals surface area contributed by atoms with E-state index >= 15 is 0 Å². The lowest BCUT2D eigenvalue weighted by molar-refractivity contribution is 0.403. The molecule has 0 amide bonds. The largest absolute Gasteiger partial charge is 0.356 e. The summed E-state index contributed by atoms with van der Waals surface area (Å²) in [4.78, 5) is 6.63.